The third-order valence-electron chi connectivity index (χ3n) is 11.1. The Kier molecular flexibility index (Phi) is 8.98. The molecule has 2 heteroatoms. The molecule has 57 heavy (non-hydrogen) atoms. The number of anilines is 6. The molecule has 0 heterocycles. The van der Waals surface area contributed by atoms with E-state index in [2.05, 4.69) is 246 Å². The first kappa shape index (κ1) is 34.1. The maximum absolute atomic E-state index is 2.43. The van der Waals surface area contributed by atoms with Crippen LogP contribution in [-0.4, -0.2) is 0 Å². The van der Waals surface area contributed by atoms with Crippen LogP contribution in [0.15, 0.2) is 237 Å². The van der Waals surface area contributed by atoms with Gasteiger partial charge in [0.05, 0.1) is 0 Å². The van der Waals surface area contributed by atoms with Gasteiger partial charge in [-0.2, -0.15) is 0 Å². The smallest absolute Gasteiger partial charge is 0.0465 e. The second kappa shape index (κ2) is 15.0. The Morgan fingerprint density at radius 2 is 0.561 bits per heavy atom. The minimum atomic E-state index is -0.0252. The van der Waals surface area contributed by atoms with E-state index in [1.54, 1.807) is 0 Å². The van der Waals surface area contributed by atoms with Gasteiger partial charge in [0, 0.05) is 40.0 Å². The van der Waals surface area contributed by atoms with Crippen LogP contribution in [0.5, 0.6) is 0 Å². The van der Waals surface area contributed by atoms with Gasteiger partial charge >= 0.3 is 0 Å². The zero-order valence-electron chi connectivity index (χ0n) is 31.5. The van der Waals surface area contributed by atoms with Crippen molar-refractivity contribution < 1.29 is 0 Å². The SMILES string of the molecule is c1ccc(-c2cc(-c3ccccc3)cc(C3c4cc(N(c5ccccc5)c5ccccc5)ccc4-c4ccc(N(c5ccccc5)c5ccccc5)cc43)c2)cc1. The van der Waals surface area contributed by atoms with Crippen molar-refractivity contribution >= 4 is 34.1 Å². The maximum atomic E-state index is 2.43. The lowest BCUT2D eigenvalue weighted by Gasteiger charge is -2.27. The van der Waals surface area contributed by atoms with Crippen molar-refractivity contribution in [1.29, 1.82) is 0 Å². The average molecular weight is 729 g/mol. The highest BCUT2D eigenvalue weighted by Crippen LogP contribution is 2.53. The van der Waals surface area contributed by atoms with Crippen LogP contribution in [0, 0.1) is 0 Å². The van der Waals surface area contributed by atoms with Gasteiger partial charge in [-0.3, -0.25) is 0 Å². The van der Waals surface area contributed by atoms with E-state index in [0.717, 1.165) is 34.1 Å². The molecule has 270 valence electrons. The molecule has 1 aliphatic rings. The number of fused-ring (bicyclic) bond motifs is 3. The van der Waals surface area contributed by atoms with Crippen molar-refractivity contribution in [2.75, 3.05) is 9.80 Å². The van der Waals surface area contributed by atoms with Crippen LogP contribution in [0.3, 0.4) is 0 Å². The summed E-state index contributed by atoms with van der Waals surface area (Å²) in [7, 11) is 0. The summed E-state index contributed by atoms with van der Waals surface area (Å²) in [5.41, 5.74) is 18.0. The molecule has 0 aromatic heterocycles. The summed E-state index contributed by atoms with van der Waals surface area (Å²) in [5.74, 6) is -0.0252. The van der Waals surface area contributed by atoms with E-state index in [-0.39, 0.29) is 5.92 Å². The highest BCUT2D eigenvalue weighted by Gasteiger charge is 2.33. The highest BCUT2D eigenvalue weighted by molar-refractivity contribution is 5.89. The Morgan fingerprint density at radius 3 is 0.895 bits per heavy atom. The normalized spacial score (nSPS) is 11.8. The van der Waals surface area contributed by atoms with E-state index < -0.39 is 0 Å². The molecule has 0 fully saturated rings. The van der Waals surface area contributed by atoms with Crippen LogP contribution < -0.4 is 9.80 Å². The van der Waals surface area contributed by atoms with E-state index in [1.165, 1.54) is 50.1 Å². The Hall–Kier alpha value is -7.42. The van der Waals surface area contributed by atoms with Gasteiger partial charge in [0.15, 0.2) is 0 Å². The lowest BCUT2D eigenvalue weighted by molar-refractivity contribution is 1.01. The second-order valence-electron chi connectivity index (χ2n) is 14.6. The topological polar surface area (TPSA) is 6.48 Å². The van der Waals surface area contributed by atoms with Gasteiger partial charge in [-0.15, -0.1) is 0 Å². The Balaban J connectivity index is 1.21. The van der Waals surface area contributed by atoms with Crippen molar-refractivity contribution in [3.05, 3.63) is 253 Å². The van der Waals surface area contributed by atoms with Crippen molar-refractivity contribution in [3.63, 3.8) is 0 Å². The summed E-state index contributed by atoms with van der Waals surface area (Å²) in [4.78, 5) is 4.74. The summed E-state index contributed by atoms with van der Waals surface area (Å²) in [5, 5.41) is 0. The molecule has 0 radical (unpaired) electrons. The first-order chi connectivity index (χ1) is 28.3. The van der Waals surface area contributed by atoms with E-state index in [1.807, 2.05) is 0 Å². The fraction of sp³-hybridized carbons (Fsp3) is 0.0182. The van der Waals surface area contributed by atoms with Crippen molar-refractivity contribution in [2.45, 2.75) is 5.92 Å². The molecule has 1 aliphatic carbocycles. The van der Waals surface area contributed by atoms with Crippen LogP contribution in [0.4, 0.5) is 34.1 Å². The minimum absolute atomic E-state index is 0.0252. The summed E-state index contributed by atoms with van der Waals surface area (Å²) < 4.78 is 0. The standard InChI is InChI=1S/C55H40N2/c1-7-19-40(20-8-1)42-35-43(41-21-9-2-10-22-41)37-44(36-42)55-53-38-49(56(45-23-11-3-12-24-45)46-25-13-4-14-26-46)31-33-51(53)52-34-32-50(39-54(52)55)57(47-27-15-5-16-28-47)48-29-17-6-18-30-48/h1-39,55H. The fourth-order valence-corrected chi connectivity index (χ4v) is 8.49. The van der Waals surface area contributed by atoms with Gasteiger partial charge in [-0.25, -0.2) is 0 Å². The maximum Gasteiger partial charge on any atom is 0.0465 e. The molecule has 9 aromatic carbocycles. The number of nitrogens with zero attached hydrogens (tertiary/aromatic N) is 2. The summed E-state index contributed by atoms with van der Waals surface area (Å²) >= 11 is 0. The molecule has 0 spiro atoms. The molecule has 0 unspecified atom stereocenters. The second-order valence-corrected chi connectivity index (χ2v) is 14.6. The number of benzene rings is 9. The average Bonchev–Trinajstić information content (AvgIpc) is 3.61. The molecule has 0 saturated heterocycles. The lowest BCUT2D eigenvalue weighted by atomic mass is 9.85. The van der Waals surface area contributed by atoms with Crippen LogP contribution in [-0.2, 0) is 0 Å². The Bertz CT molecular complexity index is 2500. The molecule has 0 N–H and O–H groups in total. The van der Waals surface area contributed by atoms with E-state index in [9.17, 15) is 0 Å². The molecule has 10 rings (SSSR count). The molecule has 0 aliphatic heterocycles. The highest BCUT2D eigenvalue weighted by atomic mass is 15.1. The van der Waals surface area contributed by atoms with E-state index in [4.69, 9.17) is 0 Å². The summed E-state index contributed by atoms with van der Waals surface area (Å²) in [6, 6.07) is 85.7. The molecular weight excluding hydrogens is 689 g/mol. The zero-order chi connectivity index (χ0) is 38.0. The number of hydrogen-bond acceptors (Lipinski definition) is 2. The van der Waals surface area contributed by atoms with Gasteiger partial charge in [0.25, 0.3) is 0 Å². The minimum Gasteiger partial charge on any atom is -0.310 e. The number of rotatable bonds is 9. The quantitative estimate of drug-likeness (QED) is 0.146. The molecule has 0 atom stereocenters. The first-order valence-corrected chi connectivity index (χ1v) is 19.6. The van der Waals surface area contributed by atoms with Gasteiger partial charge < -0.3 is 9.80 Å². The van der Waals surface area contributed by atoms with E-state index in [0.29, 0.717) is 0 Å². The van der Waals surface area contributed by atoms with Gasteiger partial charge in [0.1, 0.15) is 0 Å². The Labute approximate surface area is 335 Å². The third kappa shape index (κ3) is 6.58. The van der Waals surface area contributed by atoms with Crippen LogP contribution >= 0.6 is 0 Å². The largest absolute Gasteiger partial charge is 0.310 e. The van der Waals surface area contributed by atoms with Gasteiger partial charge in [-0.05, 0) is 129 Å². The Morgan fingerprint density at radius 1 is 0.246 bits per heavy atom. The van der Waals surface area contributed by atoms with Crippen LogP contribution in [0.25, 0.3) is 33.4 Å². The van der Waals surface area contributed by atoms with Crippen molar-refractivity contribution in [1.82, 2.24) is 0 Å². The number of hydrogen-bond donors (Lipinski definition) is 0. The molecule has 0 bridgehead atoms. The summed E-state index contributed by atoms with van der Waals surface area (Å²) in [6.07, 6.45) is 0. The monoisotopic (exact) mass is 728 g/mol. The first-order valence-electron chi connectivity index (χ1n) is 19.6. The summed E-state index contributed by atoms with van der Waals surface area (Å²) in [6.45, 7) is 0. The molecule has 0 saturated carbocycles. The van der Waals surface area contributed by atoms with Crippen LogP contribution in [0.2, 0.25) is 0 Å². The van der Waals surface area contributed by atoms with Crippen molar-refractivity contribution in [3.8, 4) is 33.4 Å². The predicted octanol–water partition coefficient (Wildman–Crippen LogP) is 15.1. The lowest BCUT2D eigenvalue weighted by Crippen LogP contribution is -2.11. The third-order valence-corrected chi connectivity index (χ3v) is 11.1. The molecular formula is C55H40N2. The van der Waals surface area contributed by atoms with Crippen LogP contribution in [0.1, 0.15) is 22.6 Å². The molecule has 9 aromatic rings. The van der Waals surface area contributed by atoms with Gasteiger partial charge in [0.2, 0.25) is 0 Å². The van der Waals surface area contributed by atoms with Crippen molar-refractivity contribution in [2.24, 2.45) is 0 Å². The molecule has 2 nitrogen and oxygen atoms in total. The van der Waals surface area contributed by atoms with E-state index >= 15 is 0 Å². The van der Waals surface area contributed by atoms with Gasteiger partial charge in [-0.1, -0.05) is 158 Å². The number of para-hydroxylation sites is 4. The zero-order valence-corrected chi connectivity index (χ0v) is 31.5. The molecule has 0 amide bonds. The fourth-order valence-electron chi connectivity index (χ4n) is 8.49. The predicted molar refractivity (Wildman–Crippen MR) is 240 cm³/mol.